The lowest BCUT2D eigenvalue weighted by atomic mass is 9.91. The van der Waals surface area contributed by atoms with Gasteiger partial charge < -0.3 is 15.0 Å². The van der Waals surface area contributed by atoms with E-state index in [4.69, 9.17) is 0 Å². The van der Waals surface area contributed by atoms with Crippen LogP contribution in [0.15, 0.2) is 54.9 Å². The fraction of sp³-hybridized carbons (Fsp3) is 0.300. The number of benzene rings is 1. The fourth-order valence-electron chi connectivity index (χ4n) is 2.82. The predicted molar refractivity (Wildman–Crippen MR) is 98.4 cm³/mol. The van der Waals surface area contributed by atoms with Crippen molar-refractivity contribution in [2.45, 2.75) is 31.9 Å². The van der Waals surface area contributed by atoms with Gasteiger partial charge in [0.25, 0.3) is 5.91 Å². The van der Waals surface area contributed by atoms with Gasteiger partial charge in [-0.3, -0.25) is 4.79 Å². The molecule has 0 fully saturated rings. The van der Waals surface area contributed by atoms with Gasteiger partial charge in [-0.1, -0.05) is 30.3 Å². The molecule has 1 amide bonds. The average Bonchev–Trinajstić information content (AvgIpc) is 2.96. The molecule has 0 saturated carbocycles. The van der Waals surface area contributed by atoms with Crippen molar-refractivity contribution in [3.63, 3.8) is 0 Å². The Morgan fingerprint density at radius 3 is 2.72 bits per heavy atom. The second-order valence-electron chi connectivity index (χ2n) is 6.94. The molecule has 0 aliphatic carbocycles. The number of hydrogen-bond donors (Lipinski definition) is 2. The number of fused-ring (bicyclic) bond motifs is 1. The quantitative estimate of drug-likeness (QED) is 0.752. The second kappa shape index (κ2) is 6.69. The summed E-state index contributed by atoms with van der Waals surface area (Å²) >= 11 is 0. The van der Waals surface area contributed by atoms with E-state index in [1.165, 1.54) is 0 Å². The van der Waals surface area contributed by atoms with Crippen LogP contribution in [0.5, 0.6) is 0 Å². The zero-order chi connectivity index (χ0) is 18.0. The number of aliphatic hydroxyl groups excluding tert-OH is 1. The Labute approximate surface area is 147 Å². The maximum absolute atomic E-state index is 12.6. The highest BCUT2D eigenvalue weighted by molar-refractivity contribution is 5.97. The first-order valence-electron chi connectivity index (χ1n) is 8.32. The molecule has 2 aromatic heterocycles. The van der Waals surface area contributed by atoms with Gasteiger partial charge in [0, 0.05) is 31.2 Å². The van der Waals surface area contributed by atoms with Crippen LogP contribution in [0.4, 0.5) is 0 Å². The van der Waals surface area contributed by atoms with Crippen LogP contribution in [0.2, 0.25) is 0 Å². The van der Waals surface area contributed by atoms with Crippen LogP contribution in [0.25, 0.3) is 11.0 Å². The fourth-order valence-corrected chi connectivity index (χ4v) is 2.82. The van der Waals surface area contributed by atoms with E-state index in [0.29, 0.717) is 12.0 Å². The number of nitrogens with one attached hydrogen (secondary N) is 1. The standard InChI is InChI=1S/C20H23N3O2/c1-20(2,17(24)11-14-7-5-4-6-8-14)22-19(25)16-12-15-9-10-23(3)18(15)21-13-16/h4-10,12-13,17,24H,11H2,1-3H3,(H,22,25). The minimum absolute atomic E-state index is 0.240. The van der Waals surface area contributed by atoms with Crippen LogP contribution >= 0.6 is 0 Å². The zero-order valence-corrected chi connectivity index (χ0v) is 14.7. The Hall–Kier alpha value is -2.66. The van der Waals surface area contributed by atoms with Crippen molar-refractivity contribution in [3.05, 3.63) is 66.0 Å². The van der Waals surface area contributed by atoms with Crippen molar-refractivity contribution in [1.29, 1.82) is 0 Å². The molecule has 2 N–H and O–H groups in total. The molecule has 25 heavy (non-hydrogen) atoms. The molecule has 0 aliphatic rings. The Bertz CT molecular complexity index is 884. The van der Waals surface area contributed by atoms with Gasteiger partial charge in [-0.25, -0.2) is 4.98 Å². The molecule has 0 radical (unpaired) electrons. The van der Waals surface area contributed by atoms with Crippen LogP contribution in [-0.2, 0) is 13.5 Å². The summed E-state index contributed by atoms with van der Waals surface area (Å²) in [6.45, 7) is 3.65. The Balaban J connectivity index is 1.73. The number of carbonyl (C=O) groups excluding carboxylic acids is 1. The van der Waals surface area contributed by atoms with Gasteiger partial charge in [0.05, 0.1) is 17.2 Å². The van der Waals surface area contributed by atoms with Crippen LogP contribution in [-0.4, -0.2) is 32.2 Å². The molecule has 0 saturated heterocycles. The van der Waals surface area contributed by atoms with Crippen LogP contribution in [0.1, 0.15) is 29.8 Å². The number of nitrogens with zero attached hydrogens (tertiary/aromatic N) is 2. The van der Waals surface area contributed by atoms with Crippen molar-refractivity contribution in [1.82, 2.24) is 14.9 Å². The summed E-state index contributed by atoms with van der Waals surface area (Å²) in [5, 5.41) is 14.4. The number of aryl methyl sites for hydroxylation is 1. The van der Waals surface area contributed by atoms with Gasteiger partial charge >= 0.3 is 0 Å². The van der Waals surface area contributed by atoms with Crippen molar-refractivity contribution in [2.24, 2.45) is 7.05 Å². The average molecular weight is 337 g/mol. The van der Waals surface area contributed by atoms with E-state index in [-0.39, 0.29) is 5.91 Å². The van der Waals surface area contributed by atoms with Crippen LogP contribution in [0, 0.1) is 0 Å². The number of carbonyl (C=O) groups is 1. The van der Waals surface area contributed by atoms with Gasteiger partial charge in [0.1, 0.15) is 5.65 Å². The van der Waals surface area contributed by atoms with E-state index >= 15 is 0 Å². The van der Waals surface area contributed by atoms with E-state index in [1.54, 1.807) is 6.20 Å². The van der Waals surface area contributed by atoms with Gasteiger partial charge in [-0.05, 0) is 31.5 Å². The monoisotopic (exact) mass is 337 g/mol. The molecule has 0 aliphatic heterocycles. The van der Waals surface area contributed by atoms with Gasteiger partial charge in [-0.2, -0.15) is 0 Å². The Morgan fingerprint density at radius 1 is 1.28 bits per heavy atom. The number of hydrogen-bond acceptors (Lipinski definition) is 3. The van der Waals surface area contributed by atoms with Crippen LogP contribution in [0.3, 0.4) is 0 Å². The summed E-state index contributed by atoms with van der Waals surface area (Å²) in [6.07, 6.45) is 3.25. The third-order valence-electron chi connectivity index (χ3n) is 4.51. The number of aliphatic hydroxyl groups is 1. The van der Waals surface area contributed by atoms with Crippen molar-refractivity contribution in [3.8, 4) is 0 Å². The third kappa shape index (κ3) is 3.72. The third-order valence-corrected chi connectivity index (χ3v) is 4.51. The normalized spacial score (nSPS) is 13.0. The number of amides is 1. The van der Waals surface area contributed by atoms with E-state index in [1.807, 2.05) is 74.1 Å². The molecule has 2 heterocycles. The van der Waals surface area contributed by atoms with Gasteiger partial charge in [0.2, 0.25) is 0 Å². The van der Waals surface area contributed by atoms with Gasteiger partial charge in [0.15, 0.2) is 0 Å². The molecule has 1 unspecified atom stereocenters. The van der Waals surface area contributed by atoms with E-state index < -0.39 is 11.6 Å². The molecule has 5 heteroatoms. The lowest BCUT2D eigenvalue weighted by Gasteiger charge is -2.32. The molecule has 1 aromatic carbocycles. The Kier molecular flexibility index (Phi) is 4.59. The highest BCUT2D eigenvalue weighted by Gasteiger charge is 2.30. The molecule has 1 atom stereocenters. The molecule has 5 nitrogen and oxygen atoms in total. The predicted octanol–water partition coefficient (Wildman–Crippen LogP) is 2.69. The molecule has 130 valence electrons. The van der Waals surface area contributed by atoms with E-state index in [2.05, 4.69) is 10.3 Å². The minimum Gasteiger partial charge on any atom is -0.390 e. The summed E-state index contributed by atoms with van der Waals surface area (Å²) in [4.78, 5) is 16.9. The Morgan fingerprint density at radius 2 is 2.00 bits per heavy atom. The first-order valence-corrected chi connectivity index (χ1v) is 8.32. The van der Waals surface area contributed by atoms with E-state index in [0.717, 1.165) is 16.6 Å². The largest absolute Gasteiger partial charge is 0.390 e. The SMILES string of the molecule is Cn1ccc2cc(C(=O)NC(C)(C)C(O)Cc3ccccc3)cnc21. The summed E-state index contributed by atoms with van der Waals surface area (Å²) in [7, 11) is 1.91. The first-order chi connectivity index (χ1) is 11.9. The first kappa shape index (κ1) is 17.2. The molecular weight excluding hydrogens is 314 g/mol. The van der Waals surface area contributed by atoms with Crippen LogP contribution < -0.4 is 5.32 Å². The minimum atomic E-state index is -0.765. The van der Waals surface area contributed by atoms with Crippen molar-refractivity contribution in [2.75, 3.05) is 0 Å². The van der Waals surface area contributed by atoms with E-state index in [9.17, 15) is 9.90 Å². The summed E-state index contributed by atoms with van der Waals surface area (Å²) in [6, 6.07) is 13.5. The highest BCUT2D eigenvalue weighted by Crippen LogP contribution is 2.18. The highest BCUT2D eigenvalue weighted by atomic mass is 16.3. The molecule has 0 spiro atoms. The number of rotatable bonds is 5. The summed E-state index contributed by atoms with van der Waals surface area (Å²) in [5.41, 5.74) is 1.58. The smallest absolute Gasteiger partial charge is 0.253 e. The summed E-state index contributed by atoms with van der Waals surface area (Å²) in [5.74, 6) is -0.240. The van der Waals surface area contributed by atoms with Crippen molar-refractivity contribution < 1.29 is 9.90 Å². The molecule has 3 rings (SSSR count). The summed E-state index contributed by atoms with van der Waals surface area (Å²) < 4.78 is 1.91. The number of pyridine rings is 1. The molecular formula is C20H23N3O2. The topological polar surface area (TPSA) is 67.2 Å². The lowest BCUT2D eigenvalue weighted by Crippen LogP contribution is -2.53. The lowest BCUT2D eigenvalue weighted by molar-refractivity contribution is 0.0638. The number of aromatic nitrogens is 2. The van der Waals surface area contributed by atoms with Gasteiger partial charge in [-0.15, -0.1) is 0 Å². The molecule has 0 bridgehead atoms. The maximum Gasteiger partial charge on any atom is 0.253 e. The zero-order valence-electron chi connectivity index (χ0n) is 14.7. The maximum atomic E-state index is 12.6. The van der Waals surface area contributed by atoms with Crippen molar-refractivity contribution >= 4 is 16.9 Å². The second-order valence-corrected chi connectivity index (χ2v) is 6.94. The molecule has 3 aromatic rings.